The predicted molar refractivity (Wildman–Crippen MR) is 145 cm³/mol. The topological polar surface area (TPSA) is 46.5 Å². The van der Waals surface area contributed by atoms with Gasteiger partial charge in [0, 0.05) is 11.1 Å². The van der Waals surface area contributed by atoms with Gasteiger partial charge in [0.2, 0.25) is 0 Å². The van der Waals surface area contributed by atoms with Crippen molar-refractivity contribution >= 4 is 5.97 Å². The molecule has 0 bridgehead atoms. The molecule has 0 radical (unpaired) electrons. The minimum atomic E-state index is -4.45. The molecule has 1 unspecified atom stereocenters. The summed E-state index contributed by atoms with van der Waals surface area (Å²) in [6.07, 6.45) is -1.84. The number of halogens is 3. The zero-order chi connectivity index (χ0) is 27.8. The second-order valence-corrected chi connectivity index (χ2v) is 11.1. The van der Waals surface area contributed by atoms with Crippen molar-refractivity contribution in [2.24, 2.45) is 11.8 Å². The van der Waals surface area contributed by atoms with Crippen LogP contribution in [0.2, 0.25) is 0 Å². The Kier molecular flexibility index (Phi) is 7.91. The van der Waals surface area contributed by atoms with Gasteiger partial charge in [-0.1, -0.05) is 43.7 Å². The average molecular weight is 525 g/mol. The fourth-order valence-electron chi connectivity index (χ4n) is 5.19. The van der Waals surface area contributed by atoms with Crippen LogP contribution in [0.4, 0.5) is 13.2 Å². The number of rotatable bonds is 9. The molecular weight excluding hydrogens is 489 g/mol. The quantitative estimate of drug-likeness (QED) is 0.304. The van der Waals surface area contributed by atoms with Crippen LogP contribution < -0.4 is 4.74 Å². The third-order valence-corrected chi connectivity index (χ3v) is 7.15. The first-order chi connectivity index (χ1) is 17.8. The Morgan fingerprint density at radius 2 is 1.55 bits per heavy atom. The van der Waals surface area contributed by atoms with E-state index in [4.69, 9.17) is 4.74 Å². The van der Waals surface area contributed by atoms with E-state index in [2.05, 4.69) is 12.1 Å². The van der Waals surface area contributed by atoms with Gasteiger partial charge < -0.3 is 9.84 Å². The van der Waals surface area contributed by atoms with Crippen LogP contribution in [0.5, 0.6) is 5.75 Å². The Morgan fingerprint density at radius 3 is 2.05 bits per heavy atom. The molecule has 3 aromatic rings. The van der Waals surface area contributed by atoms with E-state index in [0.717, 1.165) is 52.8 Å². The third-order valence-electron chi connectivity index (χ3n) is 7.15. The number of ether oxygens (including phenoxy) is 1. The first-order valence-corrected chi connectivity index (χ1v) is 13.1. The van der Waals surface area contributed by atoms with E-state index in [1.54, 1.807) is 6.07 Å². The van der Waals surface area contributed by atoms with Crippen LogP contribution in [0.25, 0.3) is 22.3 Å². The van der Waals surface area contributed by atoms with Crippen molar-refractivity contribution in [3.8, 4) is 28.0 Å². The summed E-state index contributed by atoms with van der Waals surface area (Å²) in [5.74, 6) is -0.500. The summed E-state index contributed by atoms with van der Waals surface area (Å²) < 4.78 is 46.4. The van der Waals surface area contributed by atoms with Gasteiger partial charge in [-0.05, 0) is 104 Å². The summed E-state index contributed by atoms with van der Waals surface area (Å²) in [7, 11) is 0. The Bertz CT molecular complexity index is 1300. The van der Waals surface area contributed by atoms with E-state index in [1.165, 1.54) is 12.1 Å². The van der Waals surface area contributed by atoms with Crippen molar-refractivity contribution in [1.29, 1.82) is 0 Å². The van der Waals surface area contributed by atoms with E-state index >= 15 is 0 Å². The van der Waals surface area contributed by atoms with Gasteiger partial charge in [0.05, 0.1) is 18.1 Å². The molecule has 1 atom stereocenters. The number of aliphatic carboxylic acids is 1. The Morgan fingerprint density at radius 1 is 0.974 bits per heavy atom. The van der Waals surface area contributed by atoms with E-state index in [0.29, 0.717) is 41.4 Å². The third kappa shape index (κ3) is 6.23. The van der Waals surface area contributed by atoms with Crippen LogP contribution in [0.1, 0.15) is 66.8 Å². The molecule has 1 N–H and O–H groups in total. The highest BCUT2D eigenvalue weighted by Gasteiger charge is 2.31. The van der Waals surface area contributed by atoms with Crippen molar-refractivity contribution < 1.29 is 27.8 Å². The molecule has 1 fully saturated rings. The van der Waals surface area contributed by atoms with Gasteiger partial charge in [-0.3, -0.25) is 4.79 Å². The lowest BCUT2D eigenvalue weighted by molar-refractivity contribution is -0.139. The first kappa shape index (κ1) is 27.7. The zero-order valence-electron chi connectivity index (χ0n) is 22.6. The molecule has 3 aromatic carbocycles. The van der Waals surface area contributed by atoms with E-state index in [1.807, 2.05) is 40.7 Å². The van der Waals surface area contributed by atoms with E-state index in [9.17, 15) is 23.1 Å². The minimum absolute atomic E-state index is 0.141. The van der Waals surface area contributed by atoms with Gasteiger partial charge in [0.25, 0.3) is 0 Å². The lowest BCUT2D eigenvalue weighted by atomic mass is 9.84. The van der Waals surface area contributed by atoms with E-state index in [-0.39, 0.29) is 5.92 Å². The van der Waals surface area contributed by atoms with Gasteiger partial charge >= 0.3 is 12.1 Å². The van der Waals surface area contributed by atoms with Crippen molar-refractivity contribution in [2.45, 2.75) is 66.0 Å². The molecule has 1 aliphatic rings. The lowest BCUT2D eigenvalue weighted by Gasteiger charge is -2.24. The summed E-state index contributed by atoms with van der Waals surface area (Å²) >= 11 is 0. The summed E-state index contributed by atoms with van der Waals surface area (Å²) in [4.78, 5) is 12.4. The van der Waals surface area contributed by atoms with Gasteiger partial charge in [0.1, 0.15) is 5.75 Å². The Labute approximate surface area is 222 Å². The standard InChI is InChI=1S/C32H35F3O3/c1-18(2)12-27(31(36)37)24-15-26(23-8-10-25(11-9-23)32(33,34)35)30(38-17-22-6-7-22)28(16-24)29-20(4)13-19(3)14-21(29)5/h8-11,13-16,18,22,27H,6-7,12,17H2,1-5H3,(H,36,37). The number of carboxylic acid groups (broad SMARTS) is 1. The fourth-order valence-corrected chi connectivity index (χ4v) is 5.19. The molecule has 0 saturated heterocycles. The monoisotopic (exact) mass is 524 g/mol. The molecule has 0 aliphatic heterocycles. The average Bonchev–Trinajstić information content (AvgIpc) is 3.64. The van der Waals surface area contributed by atoms with Crippen molar-refractivity contribution in [2.75, 3.05) is 6.61 Å². The smallest absolute Gasteiger partial charge is 0.416 e. The molecule has 0 aromatic heterocycles. The molecule has 1 saturated carbocycles. The van der Waals surface area contributed by atoms with Gasteiger partial charge in [-0.2, -0.15) is 13.2 Å². The van der Waals surface area contributed by atoms with Crippen LogP contribution in [0, 0.1) is 32.6 Å². The highest BCUT2D eigenvalue weighted by Crippen LogP contribution is 2.46. The second kappa shape index (κ2) is 10.8. The molecular formula is C32H35F3O3. The molecule has 6 heteroatoms. The van der Waals surface area contributed by atoms with Crippen LogP contribution in [-0.4, -0.2) is 17.7 Å². The number of aryl methyl sites for hydroxylation is 3. The number of benzene rings is 3. The predicted octanol–water partition coefficient (Wildman–Crippen LogP) is 8.97. The number of hydrogen-bond donors (Lipinski definition) is 1. The molecule has 0 amide bonds. The summed E-state index contributed by atoms with van der Waals surface area (Å²) in [6.45, 7) is 10.5. The zero-order valence-corrected chi connectivity index (χ0v) is 22.6. The summed E-state index contributed by atoms with van der Waals surface area (Å²) in [5.41, 5.74) is 5.99. The maximum Gasteiger partial charge on any atom is 0.416 e. The van der Waals surface area contributed by atoms with Gasteiger partial charge in [-0.15, -0.1) is 0 Å². The maximum absolute atomic E-state index is 13.3. The van der Waals surface area contributed by atoms with E-state index < -0.39 is 23.6 Å². The first-order valence-electron chi connectivity index (χ1n) is 13.1. The second-order valence-electron chi connectivity index (χ2n) is 11.1. The maximum atomic E-state index is 13.3. The lowest BCUT2D eigenvalue weighted by Crippen LogP contribution is -2.15. The molecule has 3 nitrogen and oxygen atoms in total. The Hall–Kier alpha value is -3.28. The van der Waals surface area contributed by atoms with Crippen LogP contribution in [0.3, 0.4) is 0 Å². The largest absolute Gasteiger partial charge is 0.492 e. The highest BCUT2D eigenvalue weighted by atomic mass is 19.4. The number of carboxylic acids is 1. The fraction of sp³-hybridized carbons (Fsp3) is 0.406. The molecule has 0 heterocycles. The number of alkyl halides is 3. The van der Waals surface area contributed by atoms with Crippen molar-refractivity contribution in [3.63, 3.8) is 0 Å². The number of carbonyl (C=O) groups is 1. The van der Waals surface area contributed by atoms with Crippen LogP contribution >= 0.6 is 0 Å². The summed E-state index contributed by atoms with van der Waals surface area (Å²) in [5, 5.41) is 10.2. The van der Waals surface area contributed by atoms with Crippen molar-refractivity contribution in [1.82, 2.24) is 0 Å². The number of hydrogen-bond acceptors (Lipinski definition) is 2. The molecule has 0 spiro atoms. The SMILES string of the molecule is Cc1cc(C)c(-c2cc(C(CC(C)C)C(=O)O)cc(-c3ccc(C(F)(F)F)cc3)c2OCC2CC2)c(C)c1. The van der Waals surface area contributed by atoms with Crippen LogP contribution in [-0.2, 0) is 11.0 Å². The normalized spacial score (nSPS) is 14.6. The highest BCUT2D eigenvalue weighted by molar-refractivity contribution is 5.88. The molecule has 1 aliphatic carbocycles. The van der Waals surface area contributed by atoms with Crippen LogP contribution in [0.15, 0.2) is 48.5 Å². The molecule has 4 rings (SSSR count). The Balaban J connectivity index is 2.00. The van der Waals surface area contributed by atoms with Gasteiger partial charge in [-0.25, -0.2) is 0 Å². The van der Waals surface area contributed by atoms with Gasteiger partial charge in [0.15, 0.2) is 0 Å². The van der Waals surface area contributed by atoms with Crippen molar-refractivity contribution in [3.05, 3.63) is 76.3 Å². The minimum Gasteiger partial charge on any atom is -0.492 e. The molecule has 38 heavy (non-hydrogen) atoms. The molecule has 202 valence electrons. The summed E-state index contributed by atoms with van der Waals surface area (Å²) in [6, 6.07) is 12.9.